The van der Waals surface area contributed by atoms with Crippen molar-refractivity contribution in [1.82, 2.24) is 30.5 Å². The van der Waals surface area contributed by atoms with Gasteiger partial charge in [-0.25, -0.2) is 9.97 Å². The molecule has 0 aliphatic carbocycles. The van der Waals surface area contributed by atoms with Crippen molar-refractivity contribution in [3.63, 3.8) is 0 Å². The summed E-state index contributed by atoms with van der Waals surface area (Å²) in [5.74, 6) is 0.947. The Bertz CT molecular complexity index is 701. The molecule has 1 amide bonds. The average Bonchev–Trinajstić information content (AvgIpc) is 3.13. The number of benzene rings is 1. The van der Waals surface area contributed by atoms with E-state index in [1.165, 1.54) is 6.33 Å². The number of hydrogen-bond donors (Lipinski definition) is 4. The van der Waals surface area contributed by atoms with E-state index in [2.05, 4.69) is 35.8 Å². The van der Waals surface area contributed by atoms with Crippen LogP contribution in [0.3, 0.4) is 0 Å². The van der Waals surface area contributed by atoms with Crippen LogP contribution in [0.25, 0.3) is 11.0 Å². The number of imidazole rings is 1. The molecule has 0 saturated carbocycles. The maximum atomic E-state index is 11.9. The van der Waals surface area contributed by atoms with Crippen LogP contribution < -0.4 is 10.6 Å². The van der Waals surface area contributed by atoms with Crippen molar-refractivity contribution < 1.29 is 4.79 Å². The fourth-order valence-electron chi connectivity index (χ4n) is 1.95. The van der Waals surface area contributed by atoms with E-state index < -0.39 is 0 Å². The minimum atomic E-state index is -0.180. The number of para-hydroxylation sites is 2. The number of aromatic nitrogens is 5. The first-order valence-corrected chi connectivity index (χ1v) is 6.55. The SMILES string of the molecule is C[C@H](NCC(=O)Nc1nc2ccccc2[nH]1)c1ncn[nH]1. The van der Waals surface area contributed by atoms with Gasteiger partial charge in [-0.1, -0.05) is 12.1 Å². The van der Waals surface area contributed by atoms with Crippen LogP contribution in [-0.2, 0) is 4.79 Å². The predicted octanol–water partition coefficient (Wildman–Crippen LogP) is 0.970. The van der Waals surface area contributed by atoms with E-state index >= 15 is 0 Å². The number of H-pyrrole nitrogens is 2. The lowest BCUT2D eigenvalue weighted by molar-refractivity contribution is -0.115. The molecule has 0 saturated heterocycles. The molecule has 0 unspecified atom stereocenters. The summed E-state index contributed by atoms with van der Waals surface area (Å²) in [6, 6.07) is 7.50. The van der Waals surface area contributed by atoms with Crippen molar-refractivity contribution in [3.8, 4) is 0 Å². The topological polar surface area (TPSA) is 111 Å². The third kappa shape index (κ3) is 3.06. The third-order valence-corrected chi connectivity index (χ3v) is 3.06. The van der Waals surface area contributed by atoms with E-state index in [-0.39, 0.29) is 18.5 Å². The second kappa shape index (κ2) is 5.71. The zero-order chi connectivity index (χ0) is 14.7. The largest absolute Gasteiger partial charge is 0.324 e. The fourth-order valence-corrected chi connectivity index (χ4v) is 1.95. The minimum absolute atomic E-state index is 0.0890. The van der Waals surface area contributed by atoms with Crippen LogP contribution in [-0.4, -0.2) is 37.6 Å². The lowest BCUT2D eigenvalue weighted by Crippen LogP contribution is -2.30. The van der Waals surface area contributed by atoms with Crippen molar-refractivity contribution in [1.29, 1.82) is 0 Å². The van der Waals surface area contributed by atoms with Crippen molar-refractivity contribution in [2.45, 2.75) is 13.0 Å². The highest BCUT2D eigenvalue weighted by molar-refractivity contribution is 5.92. The predicted molar refractivity (Wildman–Crippen MR) is 77.5 cm³/mol. The number of fused-ring (bicyclic) bond motifs is 1. The second-order valence-corrected chi connectivity index (χ2v) is 4.62. The molecule has 21 heavy (non-hydrogen) atoms. The zero-order valence-electron chi connectivity index (χ0n) is 11.4. The number of aromatic amines is 2. The van der Waals surface area contributed by atoms with Gasteiger partial charge < -0.3 is 4.98 Å². The molecule has 0 aliphatic heterocycles. The maximum Gasteiger partial charge on any atom is 0.240 e. The highest BCUT2D eigenvalue weighted by atomic mass is 16.2. The van der Waals surface area contributed by atoms with Gasteiger partial charge in [-0.3, -0.25) is 20.5 Å². The van der Waals surface area contributed by atoms with Crippen LogP contribution in [0, 0.1) is 0 Å². The second-order valence-electron chi connectivity index (χ2n) is 4.62. The first-order valence-electron chi connectivity index (χ1n) is 6.55. The van der Waals surface area contributed by atoms with Crippen LogP contribution in [0.2, 0.25) is 0 Å². The molecule has 2 aromatic heterocycles. The van der Waals surface area contributed by atoms with Gasteiger partial charge in [-0.2, -0.15) is 5.10 Å². The molecule has 3 aromatic rings. The molecule has 8 heteroatoms. The molecule has 4 N–H and O–H groups in total. The van der Waals surface area contributed by atoms with E-state index in [9.17, 15) is 4.79 Å². The van der Waals surface area contributed by atoms with Crippen molar-refractivity contribution >= 4 is 22.9 Å². The summed E-state index contributed by atoms with van der Waals surface area (Å²) < 4.78 is 0. The van der Waals surface area contributed by atoms with E-state index in [0.29, 0.717) is 11.8 Å². The Hall–Kier alpha value is -2.74. The van der Waals surface area contributed by atoms with Gasteiger partial charge in [-0.05, 0) is 19.1 Å². The summed E-state index contributed by atoms with van der Waals surface area (Å²) in [5.41, 5.74) is 1.70. The summed E-state index contributed by atoms with van der Waals surface area (Å²) >= 11 is 0. The summed E-state index contributed by atoms with van der Waals surface area (Å²) in [6.45, 7) is 2.05. The van der Waals surface area contributed by atoms with E-state index in [4.69, 9.17) is 0 Å². The quantitative estimate of drug-likeness (QED) is 0.558. The Kier molecular flexibility index (Phi) is 3.61. The number of carbonyl (C=O) groups is 1. The van der Waals surface area contributed by atoms with Crippen LogP contribution >= 0.6 is 0 Å². The van der Waals surface area contributed by atoms with E-state index in [1.54, 1.807) is 0 Å². The van der Waals surface area contributed by atoms with Gasteiger partial charge in [0.2, 0.25) is 11.9 Å². The molecular weight excluding hydrogens is 270 g/mol. The average molecular weight is 285 g/mol. The molecule has 0 radical (unpaired) electrons. The third-order valence-electron chi connectivity index (χ3n) is 3.06. The molecule has 108 valence electrons. The number of anilines is 1. The Morgan fingerprint density at radius 3 is 3.00 bits per heavy atom. The Morgan fingerprint density at radius 1 is 1.38 bits per heavy atom. The fraction of sp³-hybridized carbons (Fsp3) is 0.231. The van der Waals surface area contributed by atoms with Crippen LogP contribution in [0.5, 0.6) is 0 Å². The Labute approximate surface area is 120 Å². The molecule has 3 rings (SSSR count). The standard InChI is InChI=1S/C13H15N7O/c1-8(12-15-7-16-20-12)14-6-11(21)19-13-17-9-4-2-3-5-10(9)18-13/h2-5,7-8,14H,6H2,1H3,(H,15,16,20)(H2,17,18,19,21)/t8-/m0/s1. The van der Waals surface area contributed by atoms with Gasteiger partial charge in [-0.15, -0.1) is 0 Å². The number of rotatable bonds is 5. The first-order chi connectivity index (χ1) is 10.2. The van der Waals surface area contributed by atoms with Gasteiger partial charge in [0.1, 0.15) is 12.2 Å². The van der Waals surface area contributed by atoms with Crippen molar-refractivity contribution in [2.75, 3.05) is 11.9 Å². The van der Waals surface area contributed by atoms with Gasteiger partial charge >= 0.3 is 0 Å². The Morgan fingerprint density at radius 2 is 2.24 bits per heavy atom. The molecular formula is C13H15N7O. The molecule has 1 atom stereocenters. The van der Waals surface area contributed by atoms with Crippen LogP contribution in [0.15, 0.2) is 30.6 Å². The van der Waals surface area contributed by atoms with Crippen LogP contribution in [0.1, 0.15) is 18.8 Å². The summed E-state index contributed by atoms with van der Waals surface area (Å²) in [4.78, 5) is 23.2. The molecule has 0 fully saturated rings. The lowest BCUT2D eigenvalue weighted by atomic mass is 10.3. The highest BCUT2D eigenvalue weighted by Gasteiger charge is 2.11. The number of carbonyl (C=O) groups excluding carboxylic acids is 1. The maximum absolute atomic E-state index is 11.9. The normalized spacial score (nSPS) is 12.4. The monoisotopic (exact) mass is 285 g/mol. The number of nitrogens with one attached hydrogen (secondary N) is 4. The number of hydrogen-bond acceptors (Lipinski definition) is 5. The van der Waals surface area contributed by atoms with Gasteiger partial charge in [0.05, 0.1) is 23.6 Å². The van der Waals surface area contributed by atoms with Gasteiger partial charge in [0, 0.05) is 0 Å². The van der Waals surface area contributed by atoms with Gasteiger partial charge in [0.15, 0.2) is 0 Å². The summed E-state index contributed by atoms with van der Waals surface area (Å²) in [6.07, 6.45) is 1.43. The number of amides is 1. The van der Waals surface area contributed by atoms with E-state index in [0.717, 1.165) is 11.0 Å². The molecule has 1 aromatic carbocycles. The van der Waals surface area contributed by atoms with Crippen molar-refractivity contribution in [3.05, 3.63) is 36.4 Å². The lowest BCUT2D eigenvalue weighted by Gasteiger charge is -2.09. The molecule has 8 nitrogen and oxygen atoms in total. The molecule has 0 spiro atoms. The van der Waals surface area contributed by atoms with Crippen LogP contribution in [0.4, 0.5) is 5.95 Å². The zero-order valence-corrected chi connectivity index (χ0v) is 11.4. The van der Waals surface area contributed by atoms with Gasteiger partial charge in [0.25, 0.3) is 0 Å². The Balaban J connectivity index is 1.56. The minimum Gasteiger partial charge on any atom is -0.324 e. The first kappa shape index (κ1) is 13.3. The molecule has 2 heterocycles. The summed E-state index contributed by atoms with van der Waals surface area (Å²) in [7, 11) is 0. The molecule has 0 bridgehead atoms. The summed E-state index contributed by atoms with van der Waals surface area (Å²) in [5, 5.41) is 12.3. The van der Waals surface area contributed by atoms with Crippen molar-refractivity contribution in [2.24, 2.45) is 0 Å². The smallest absolute Gasteiger partial charge is 0.240 e. The van der Waals surface area contributed by atoms with E-state index in [1.807, 2.05) is 31.2 Å². The highest BCUT2D eigenvalue weighted by Crippen LogP contribution is 2.13. The number of nitrogens with zero attached hydrogens (tertiary/aromatic N) is 3. The molecule has 0 aliphatic rings.